The number of carbonyl (C=O) groups excluding carboxylic acids is 2. The summed E-state index contributed by atoms with van der Waals surface area (Å²) in [5.41, 5.74) is 2.73. The molecule has 0 fully saturated rings. The molecule has 0 saturated carbocycles. The number of anilines is 1. The average Bonchev–Trinajstić information content (AvgIpc) is 3.47. The van der Waals surface area contributed by atoms with Crippen molar-refractivity contribution in [3.63, 3.8) is 0 Å². The van der Waals surface area contributed by atoms with Crippen LogP contribution in [-0.4, -0.2) is 44.2 Å². The summed E-state index contributed by atoms with van der Waals surface area (Å²) >= 11 is 3.03. The minimum absolute atomic E-state index is 0.201. The van der Waals surface area contributed by atoms with Gasteiger partial charge < -0.3 is 15.4 Å². The molecule has 0 bridgehead atoms. The highest BCUT2D eigenvalue weighted by molar-refractivity contribution is 8.11. The zero-order chi connectivity index (χ0) is 29.1. The largest absolute Gasteiger partial charge is 0.453 e. The molecule has 0 radical (unpaired) electrons. The Hall–Kier alpha value is -3.58. The Morgan fingerprint density at radius 3 is 2.25 bits per heavy atom. The number of carbonyl (C=O) groups is 2. The zero-order valence-corrected chi connectivity index (χ0v) is 24.4. The normalized spacial score (nSPS) is 13.1. The first-order chi connectivity index (χ1) is 19.0. The van der Waals surface area contributed by atoms with Crippen LogP contribution in [0.25, 0.3) is 4.91 Å². The van der Waals surface area contributed by atoms with Crippen LogP contribution in [0.1, 0.15) is 22.9 Å². The maximum atomic E-state index is 13.5. The third-order valence-corrected chi connectivity index (χ3v) is 8.31. The Labute approximate surface area is 242 Å². The van der Waals surface area contributed by atoms with Gasteiger partial charge >= 0.3 is 16.4 Å². The van der Waals surface area contributed by atoms with Crippen LogP contribution in [0.4, 0.5) is 10.5 Å². The number of hydrogen-bond donors (Lipinski definition) is 4. The van der Waals surface area contributed by atoms with E-state index in [0.29, 0.717) is 6.42 Å². The summed E-state index contributed by atoms with van der Waals surface area (Å²) in [7, 11) is -3.16. The van der Waals surface area contributed by atoms with E-state index in [2.05, 4.69) is 17.2 Å². The standard InChI is InChI=1S/C28H31N3O6S3/c1-19(18-39-20(2)26-10-7-15-38-26)24(16-22-11-13-23(14-12-22)31-40(34,35)36)29-27(32)25(30-28(33)37-3)17-21-8-5-4-6-9-21/h4-15,18,24-25,31H,2,16-17H2,1,3H3,(H,29,32)(H,30,33)(H,34,35,36)/b19-18+. The molecule has 40 heavy (non-hydrogen) atoms. The van der Waals surface area contributed by atoms with E-state index in [0.717, 1.165) is 26.5 Å². The summed E-state index contributed by atoms with van der Waals surface area (Å²) in [4.78, 5) is 27.5. The summed E-state index contributed by atoms with van der Waals surface area (Å²) in [6, 6.07) is 18.4. The number of nitrogens with one attached hydrogen (secondary N) is 3. The lowest BCUT2D eigenvalue weighted by Gasteiger charge is -2.24. The van der Waals surface area contributed by atoms with Crippen LogP contribution in [-0.2, 0) is 32.7 Å². The van der Waals surface area contributed by atoms with Gasteiger partial charge in [0.15, 0.2) is 0 Å². The number of amides is 2. The highest BCUT2D eigenvalue weighted by Gasteiger charge is 2.25. The number of benzene rings is 2. The lowest BCUT2D eigenvalue weighted by molar-refractivity contribution is -0.123. The monoisotopic (exact) mass is 601 g/mol. The fourth-order valence-corrected chi connectivity index (χ4v) is 5.68. The van der Waals surface area contributed by atoms with Crippen LogP contribution in [0.3, 0.4) is 0 Å². The van der Waals surface area contributed by atoms with Crippen LogP contribution in [0.15, 0.2) is 89.7 Å². The van der Waals surface area contributed by atoms with Gasteiger partial charge in [0.05, 0.1) is 18.8 Å². The first-order valence-electron chi connectivity index (χ1n) is 12.1. The van der Waals surface area contributed by atoms with Crippen LogP contribution >= 0.6 is 23.1 Å². The van der Waals surface area contributed by atoms with Gasteiger partial charge in [0.2, 0.25) is 5.91 Å². The second-order valence-electron chi connectivity index (χ2n) is 8.80. The van der Waals surface area contributed by atoms with Gasteiger partial charge in [0.25, 0.3) is 0 Å². The third kappa shape index (κ3) is 10.2. The first kappa shape index (κ1) is 31.0. The van der Waals surface area contributed by atoms with Crippen LogP contribution in [0, 0.1) is 0 Å². The maximum Gasteiger partial charge on any atom is 0.407 e. The van der Waals surface area contributed by atoms with Gasteiger partial charge in [-0.25, -0.2) is 4.79 Å². The summed E-state index contributed by atoms with van der Waals surface area (Å²) < 4.78 is 38.0. The minimum atomic E-state index is -4.40. The van der Waals surface area contributed by atoms with E-state index < -0.39 is 34.4 Å². The molecule has 0 aliphatic heterocycles. The Morgan fingerprint density at radius 2 is 1.65 bits per heavy atom. The molecule has 2 aromatic carbocycles. The fourth-order valence-electron chi connectivity index (χ4n) is 3.69. The van der Waals surface area contributed by atoms with Gasteiger partial charge in [0, 0.05) is 16.2 Å². The van der Waals surface area contributed by atoms with Crippen LogP contribution < -0.4 is 15.4 Å². The second-order valence-corrected chi connectivity index (χ2v) is 11.9. The highest BCUT2D eigenvalue weighted by atomic mass is 32.2. The van der Waals surface area contributed by atoms with Crippen molar-refractivity contribution in [3.05, 3.63) is 106 Å². The summed E-state index contributed by atoms with van der Waals surface area (Å²) in [5.74, 6) is -0.390. The van der Waals surface area contributed by atoms with Gasteiger partial charge in [-0.3, -0.25) is 14.1 Å². The molecule has 2 unspecified atom stereocenters. The number of alkyl carbamates (subject to hydrolysis) is 1. The fraction of sp³-hybridized carbons (Fsp3) is 0.214. The molecule has 12 heteroatoms. The van der Waals surface area contributed by atoms with Crippen molar-refractivity contribution in [3.8, 4) is 0 Å². The van der Waals surface area contributed by atoms with Gasteiger partial charge in [0.1, 0.15) is 6.04 Å². The predicted molar refractivity (Wildman–Crippen MR) is 161 cm³/mol. The molecule has 212 valence electrons. The summed E-state index contributed by atoms with van der Waals surface area (Å²) in [5, 5.41) is 9.59. The Bertz CT molecular complexity index is 1420. The lowest BCUT2D eigenvalue weighted by Crippen LogP contribution is -2.51. The van der Waals surface area contributed by atoms with E-state index >= 15 is 0 Å². The van der Waals surface area contributed by atoms with Crippen molar-refractivity contribution >= 4 is 56.0 Å². The molecular weight excluding hydrogens is 571 g/mol. The van der Waals surface area contributed by atoms with Crippen molar-refractivity contribution < 1.29 is 27.3 Å². The Kier molecular flexibility index (Phi) is 11.4. The summed E-state index contributed by atoms with van der Waals surface area (Å²) in [6.07, 6.45) is -0.0793. The van der Waals surface area contributed by atoms with Crippen molar-refractivity contribution in [1.82, 2.24) is 10.6 Å². The Balaban J connectivity index is 1.83. The quantitative estimate of drug-likeness (QED) is 0.196. The number of methoxy groups -OCH3 is 1. The van der Waals surface area contributed by atoms with Gasteiger partial charge in [-0.15, -0.1) is 11.3 Å². The molecular formula is C28H31N3O6S3. The second kappa shape index (κ2) is 14.7. The molecule has 0 saturated heterocycles. The molecule has 4 N–H and O–H groups in total. The topological polar surface area (TPSA) is 134 Å². The van der Waals surface area contributed by atoms with E-state index in [1.807, 2.05) is 64.9 Å². The van der Waals surface area contributed by atoms with Gasteiger partial charge in [-0.1, -0.05) is 66.9 Å². The molecule has 3 rings (SSSR count). The molecule has 0 spiro atoms. The van der Waals surface area contributed by atoms with Gasteiger partial charge in [-0.05, 0) is 59.0 Å². The van der Waals surface area contributed by atoms with Crippen molar-refractivity contribution in [2.45, 2.75) is 31.8 Å². The van der Waals surface area contributed by atoms with Crippen molar-refractivity contribution in [2.75, 3.05) is 11.8 Å². The lowest BCUT2D eigenvalue weighted by atomic mass is 9.99. The highest BCUT2D eigenvalue weighted by Crippen LogP contribution is 2.31. The van der Waals surface area contributed by atoms with Crippen molar-refractivity contribution in [2.24, 2.45) is 0 Å². The Morgan fingerprint density at radius 1 is 1.00 bits per heavy atom. The number of rotatable bonds is 13. The molecule has 2 atom stereocenters. The van der Waals surface area contributed by atoms with Crippen LogP contribution in [0.2, 0.25) is 0 Å². The van der Waals surface area contributed by atoms with Crippen molar-refractivity contribution in [1.29, 1.82) is 0 Å². The van der Waals surface area contributed by atoms with Crippen LogP contribution in [0.5, 0.6) is 0 Å². The molecule has 0 aliphatic rings. The third-order valence-electron chi connectivity index (χ3n) is 5.77. The maximum absolute atomic E-state index is 13.5. The predicted octanol–water partition coefficient (Wildman–Crippen LogP) is 5.27. The average molecular weight is 602 g/mol. The molecule has 2 amide bonds. The summed E-state index contributed by atoms with van der Waals surface area (Å²) in [6.45, 7) is 6.03. The van der Waals surface area contributed by atoms with E-state index in [9.17, 15) is 18.0 Å². The van der Waals surface area contributed by atoms with E-state index in [-0.39, 0.29) is 12.1 Å². The number of thioether (sulfide) groups is 1. The number of thiophene rings is 1. The first-order valence-corrected chi connectivity index (χ1v) is 15.3. The minimum Gasteiger partial charge on any atom is -0.453 e. The van der Waals surface area contributed by atoms with E-state index in [1.54, 1.807) is 23.5 Å². The molecule has 9 nitrogen and oxygen atoms in total. The number of ether oxygens (including phenoxy) is 1. The zero-order valence-electron chi connectivity index (χ0n) is 22.0. The molecule has 3 aromatic rings. The van der Waals surface area contributed by atoms with Gasteiger partial charge in [-0.2, -0.15) is 8.42 Å². The molecule has 0 aliphatic carbocycles. The smallest absolute Gasteiger partial charge is 0.407 e. The van der Waals surface area contributed by atoms with E-state index in [4.69, 9.17) is 9.29 Å². The van der Waals surface area contributed by atoms with E-state index in [1.165, 1.54) is 31.0 Å². The number of hydrogen-bond acceptors (Lipinski definition) is 7. The molecule has 1 heterocycles. The SMILES string of the molecule is C=C(S/C=C(\C)C(Cc1ccc(NS(=O)(=O)O)cc1)NC(=O)C(Cc1ccccc1)NC(=O)OC)c1cccs1. The molecule has 1 aromatic heterocycles.